The molecule has 1 aromatic heterocycles. The minimum absolute atomic E-state index is 0.134. The lowest BCUT2D eigenvalue weighted by atomic mass is 9.92. The summed E-state index contributed by atoms with van der Waals surface area (Å²) in [6.45, 7) is 2.65. The van der Waals surface area contributed by atoms with E-state index in [1.807, 2.05) is 0 Å². The number of amides is 1. The second-order valence-corrected chi connectivity index (χ2v) is 6.42. The molecule has 1 aliphatic rings. The third-order valence-electron chi connectivity index (χ3n) is 3.68. The number of rotatable bonds is 6. The first kappa shape index (κ1) is 18.7. The Morgan fingerprint density at radius 1 is 1.67 bits per heavy atom. The van der Waals surface area contributed by atoms with E-state index >= 15 is 0 Å². The van der Waals surface area contributed by atoms with Crippen LogP contribution in [0.2, 0.25) is 0 Å². The van der Waals surface area contributed by atoms with Crippen molar-refractivity contribution in [2.45, 2.75) is 24.0 Å². The van der Waals surface area contributed by atoms with Gasteiger partial charge in [0, 0.05) is 6.07 Å². The number of ether oxygens (including phenoxy) is 1. The molecule has 2 unspecified atom stereocenters. The zero-order chi connectivity index (χ0) is 18.1. The molecule has 2 rings (SSSR count). The van der Waals surface area contributed by atoms with Crippen LogP contribution in [0.4, 0.5) is 0 Å². The van der Waals surface area contributed by atoms with Gasteiger partial charge < -0.3 is 35.0 Å². The fourth-order valence-electron chi connectivity index (χ4n) is 2.39. The average Bonchev–Trinajstić information content (AvgIpc) is 2.77. The van der Waals surface area contributed by atoms with Crippen molar-refractivity contribution in [3.05, 3.63) is 42.7 Å². The van der Waals surface area contributed by atoms with Gasteiger partial charge in [-0.1, -0.05) is 6.08 Å². The summed E-state index contributed by atoms with van der Waals surface area (Å²) in [7, 11) is -5.04. The minimum atomic E-state index is -5.04. The third-order valence-corrected chi connectivity index (χ3v) is 4.16. The van der Waals surface area contributed by atoms with Crippen LogP contribution in [-0.4, -0.2) is 45.4 Å². The van der Waals surface area contributed by atoms with Gasteiger partial charge in [0.1, 0.15) is 17.3 Å². The summed E-state index contributed by atoms with van der Waals surface area (Å²) in [5.74, 6) is -0.705. The highest BCUT2D eigenvalue weighted by molar-refractivity contribution is 7.44. The van der Waals surface area contributed by atoms with E-state index in [1.165, 1.54) is 29.1 Å². The lowest BCUT2D eigenvalue weighted by Crippen LogP contribution is -2.51. The fourth-order valence-corrected chi connectivity index (χ4v) is 2.71. The Morgan fingerprint density at radius 2 is 2.33 bits per heavy atom. The molecule has 11 heteroatoms. The van der Waals surface area contributed by atoms with E-state index in [1.54, 1.807) is 0 Å². The molecule has 132 valence electrons. The summed E-state index contributed by atoms with van der Waals surface area (Å²) < 4.78 is 21.7. The SMILES string of the molecule is C=C[C@@]1(O)C(COP(=O)([O-])O)O[C@@H]([n+]2cccc(C(N)=O)c2)[C@@H]1O. The Labute approximate surface area is 137 Å². The number of nitrogens with two attached hydrogens (primary N) is 1. The quantitative estimate of drug-likeness (QED) is 0.250. The molecule has 10 nitrogen and oxygen atoms in total. The Bertz CT molecular complexity index is 692. The van der Waals surface area contributed by atoms with Crippen LogP contribution < -0.4 is 15.2 Å². The molecule has 24 heavy (non-hydrogen) atoms. The number of aliphatic hydroxyl groups excluding tert-OH is 1. The highest BCUT2D eigenvalue weighted by Crippen LogP contribution is 2.39. The monoisotopic (exact) mass is 360 g/mol. The second-order valence-electron chi connectivity index (χ2n) is 5.22. The van der Waals surface area contributed by atoms with Crippen LogP contribution >= 0.6 is 7.82 Å². The van der Waals surface area contributed by atoms with Gasteiger partial charge in [0.05, 0.1) is 6.61 Å². The van der Waals surface area contributed by atoms with Crippen molar-refractivity contribution < 1.29 is 43.2 Å². The summed E-state index contributed by atoms with van der Waals surface area (Å²) in [4.78, 5) is 30.6. The van der Waals surface area contributed by atoms with Gasteiger partial charge in [-0.25, -0.2) is 0 Å². The zero-order valence-corrected chi connectivity index (χ0v) is 13.3. The van der Waals surface area contributed by atoms with E-state index in [2.05, 4.69) is 11.1 Å². The molecule has 1 saturated heterocycles. The first-order chi connectivity index (χ1) is 11.1. The molecule has 1 aromatic rings. The predicted molar refractivity (Wildman–Crippen MR) is 76.0 cm³/mol. The van der Waals surface area contributed by atoms with Crippen LogP contribution in [0.3, 0.4) is 0 Å². The van der Waals surface area contributed by atoms with Crippen molar-refractivity contribution in [1.82, 2.24) is 0 Å². The Hall–Kier alpha value is -1.65. The first-order valence-corrected chi connectivity index (χ1v) is 8.26. The summed E-state index contributed by atoms with van der Waals surface area (Å²) >= 11 is 0. The van der Waals surface area contributed by atoms with Crippen molar-refractivity contribution in [2.75, 3.05) is 6.61 Å². The van der Waals surface area contributed by atoms with Gasteiger partial charge in [-0.3, -0.25) is 9.36 Å². The van der Waals surface area contributed by atoms with Crippen LogP contribution in [0.1, 0.15) is 16.6 Å². The molecule has 0 aromatic carbocycles. The minimum Gasteiger partial charge on any atom is -0.756 e. The van der Waals surface area contributed by atoms with E-state index in [0.29, 0.717) is 0 Å². The zero-order valence-electron chi connectivity index (χ0n) is 12.4. The van der Waals surface area contributed by atoms with Crippen molar-refractivity contribution in [3.8, 4) is 0 Å². The molecule has 5 atom stereocenters. The van der Waals surface area contributed by atoms with Crippen LogP contribution in [0, 0.1) is 0 Å². The Balaban J connectivity index is 2.30. The van der Waals surface area contributed by atoms with Crippen LogP contribution in [0.15, 0.2) is 37.2 Å². The van der Waals surface area contributed by atoms with Gasteiger partial charge in [-0.15, -0.1) is 6.58 Å². The standard InChI is InChI=1S/C13H17N2O8P/c1-2-13(18)9(7-22-24(19,20)21)23-12(10(13)16)15-5-3-4-8(6-15)11(14)17/h2-6,9-10,12,16,18H,1,7H2,(H3-,14,17,19,20,21)/t9?,10-,12+,13+/m0/s1. The molecule has 1 aliphatic heterocycles. The normalized spacial score (nSPS) is 32.2. The lowest BCUT2D eigenvalue weighted by Gasteiger charge is -2.27. The van der Waals surface area contributed by atoms with Crippen molar-refractivity contribution in [2.24, 2.45) is 5.73 Å². The lowest BCUT2D eigenvalue weighted by molar-refractivity contribution is -0.766. The number of carbonyl (C=O) groups excluding carboxylic acids is 1. The molecule has 5 N–H and O–H groups in total. The van der Waals surface area contributed by atoms with Gasteiger partial charge in [0.2, 0.25) is 0 Å². The molecular weight excluding hydrogens is 343 g/mol. The first-order valence-electron chi connectivity index (χ1n) is 6.77. The van der Waals surface area contributed by atoms with E-state index in [9.17, 15) is 24.5 Å². The number of aliphatic hydroxyl groups is 2. The summed E-state index contributed by atoms with van der Waals surface area (Å²) in [6, 6.07) is 2.92. The maximum Gasteiger partial charge on any atom is 0.292 e. The molecule has 0 spiro atoms. The molecule has 1 amide bonds. The number of hydrogen-bond acceptors (Lipinski definition) is 7. The molecular formula is C13H17N2O8P. The molecule has 0 bridgehead atoms. The third kappa shape index (κ3) is 3.70. The smallest absolute Gasteiger partial charge is 0.292 e. The molecule has 2 heterocycles. The van der Waals surface area contributed by atoms with E-state index < -0.39 is 44.4 Å². The number of primary amides is 1. The van der Waals surface area contributed by atoms with Crippen molar-refractivity contribution >= 4 is 13.7 Å². The van der Waals surface area contributed by atoms with E-state index in [4.69, 9.17) is 15.4 Å². The molecule has 0 radical (unpaired) electrons. The van der Waals surface area contributed by atoms with Gasteiger partial charge in [-0.2, -0.15) is 4.57 Å². The molecule has 0 saturated carbocycles. The number of pyridine rings is 1. The summed E-state index contributed by atoms with van der Waals surface area (Å²) in [5.41, 5.74) is 3.27. The number of hydrogen-bond donors (Lipinski definition) is 4. The van der Waals surface area contributed by atoms with Gasteiger partial charge >= 0.3 is 0 Å². The van der Waals surface area contributed by atoms with Crippen molar-refractivity contribution in [3.63, 3.8) is 0 Å². The average molecular weight is 360 g/mol. The fraction of sp³-hybridized carbons (Fsp3) is 0.385. The summed E-state index contributed by atoms with van der Waals surface area (Å²) in [5, 5.41) is 20.8. The number of phosphoric acid groups is 1. The van der Waals surface area contributed by atoms with Crippen LogP contribution in [0.5, 0.6) is 0 Å². The highest BCUT2D eigenvalue weighted by atomic mass is 31.2. The van der Waals surface area contributed by atoms with E-state index in [-0.39, 0.29) is 5.56 Å². The Morgan fingerprint density at radius 3 is 2.88 bits per heavy atom. The molecule has 1 fully saturated rings. The number of phosphoric ester groups is 1. The van der Waals surface area contributed by atoms with Crippen LogP contribution in [-0.2, 0) is 13.8 Å². The highest BCUT2D eigenvalue weighted by Gasteiger charge is 2.58. The van der Waals surface area contributed by atoms with E-state index in [0.717, 1.165) is 6.08 Å². The summed E-state index contributed by atoms with van der Waals surface area (Å²) in [6.07, 6.45) is -0.330. The number of carbonyl (C=O) groups is 1. The maximum atomic E-state index is 11.2. The molecule has 0 aliphatic carbocycles. The van der Waals surface area contributed by atoms with Crippen molar-refractivity contribution in [1.29, 1.82) is 0 Å². The predicted octanol–water partition coefficient (Wildman–Crippen LogP) is -2.27. The maximum absolute atomic E-state index is 11.2. The second kappa shape index (κ2) is 6.69. The van der Waals surface area contributed by atoms with Crippen LogP contribution in [0.25, 0.3) is 0 Å². The topological polar surface area (TPSA) is 166 Å². The van der Waals surface area contributed by atoms with Gasteiger partial charge in [0.15, 0.2) is 18.5 Å². The Kier molecular flexibility index (Phi) is 5.21. The number of nitrogens with zero attached hydrogens (tertiary/aromatic N) is 1. The number of aromatic nitrogens is 1. The van der Waals surface area contributed by atoms with Gasteiger partial charge in [0.25, 0.3) is 20.0 Å². The van der Waals surface area contributed by atoms with Gasteiger partial charge in [-0.05, 0) is 6.07 Å². The largest absolute Gasteiger partial charge is 0.756 e.